The fourth-order valence-electron chi connectivity index (χ4n) is 2.62. The highest BCUT2D eigenvalue weighted by atomic mass is 16.4. The van der Waals surface area contributed by atoms with Crippen LogP contribution in [0.5, 0.6) is 0 Å². The third-order valence-electron chi connectivity index (χ3n) is 3.69. The molecule has 0 aliphatic carbocycles. The molecule has 0 aromatic carbocycles. The summed E-state index contributed by atoms with van der Waals surface area (Å²) in [5.41, 5.74) is 0. The molecule has 1 rings (SSSR count). The minimum Gasteiger partial charge on any atom is -0.481 e. The Morgan fingerprint density at radius 1 is 1.41 bits per heavy atom. The van der Waals surface area contributed by atoms with Crippen molar-refractivity contribution in [2.24, 2.45) is 5.92 Å². The van der Waals surface area contributed by atoms with Gasteiger partial charge in [-0.05, 0) is 33.1 Å². The van der Waals surface area contributed by atoms with E-state index in [9.17, 15) is 9.90 Å². The summed E-state index contributed by atoms with van der Waals surface area (Å²) in [6, 6.07) is 0.875. The van der Waals surface area contributed by atoms with E-state index in [-0.39, 0.29) is 12.0 Å². The molecule has 0 spiro atoms. The minimum absolute atomic E-state index is 0.209. The van der Waals surface area contributed by atoms with Crippen molar-refractivity contribution in [2.45, 2.75) is 64.6 Å². The highest BCUT2D eigenvalue weighted by molar-refractivity contribution is 5.69. The van der Waals surface area contributed by atoms with Gasteiger partial charge in [0.05, 0.1) is 12.0 Å². The molecule has 0 aromatic heterocycles. The van der Waals surface area contributed by atoms with Crippen molar-refractivity contribution in [3.05, 3.63) is 0 Å². The quantitative estimate of drug-likeness (QED) is 0.745. The Kier molecular flexibility index (Phi) is 5.40. The molecule has 3 atom stereocenters. The van der Waals surface area contributed by atoms with Crippen LogP contribution in [-0.4, -0.2) is 45.8 Å². The average Bonchev–Trinajstić information content (AvgIpc) is 2.59. The monoisotopic (exact) mass is 243 g/mol. The zero-order valence-electron chi connectivity index (χ0n) is 11.1. The molecule has 0 saturated carbocycles. The number of carboxylic acids is 1. The van der Waals surface area contributed by atoms with Gasteiger partial charge in [0.25, 0.3) is 0 Å². The van der Waals surface area contributed by atoms with Gasteiger partial charge in [-0.25, -0.2) is 0 Å². The molecule has 4 heteroatoms. The fourth-order valence-corrected chi connectivity index (χ4v) is 2.62. The van der Waals surface area contributed by atoms with E-state index in [1.807, 2.05) is 0 Å². The summed E-state index contributed by atoms with van der Waals surface area (Å²) in [6.07, 6.45) is 3.27. The Morgan fingerprint density at radius 2 is 2.06 bits per heavy atom. The van der Waals surface area contributed by atoms with Crippen LogP contribution < -0.4 is 0 Å². The predicted molar refractivity (Wildman–Crippen MR) is 66.9 cm³/mol. The van der Waals surface area contributed by atoms with Gasteiger partial charge in [0, 0.05) is 18.6 Å². The molecule has 1 fully saturated rings. The molecule has 2 N–H and O–H groups in total. The Bertz CT molecular complexity index is 255. The highest BCUT2D eigenvalue weighted by Crippen LogP contribution is 2.25. The normalized spacial score (nSPS) is 27.6. The lowest BCUT2D eigenvalue weighted by Gasteiger charge is -2.28. The molecule has 17 heavy (non-hydrogen) atoms. The van der Waals surface area contributed by atoms with Crippen molar-refractivity contribution in [3.8, 4) is 0 Å². The van der Waals surface area contributed by atoms with Crippen LogP contribution in [-0.2, 0) is 4.79 Å². The summed E-state index contributed by atoms with van der Waals surface area (Å²) in [5, 5.41) is 18.5. The average molecular weight is 243 g/mol. The van der Waals surface area contributed by atoms with Crippen molar-refractivity contribution in [3.63, 3.8) is 0 Å². The maximum atomic E-state index is 10.7. The Hall–Kier alpha value is -0.610. The molecule has 100 valence electrons. The number of likely N-dealkylation sites (tertiary alicyclic amines) is 1. The highest BCUT2D eigenvalue weighted by Gasteiger charge is 2.31. The zero-order chi connectivity index (χ0) is 13.0. The number of nitrogens with zero attached hydrogens (tertiary/aromatic N) is 1. The molecule has 0 bridgehead atoms. The van der Waals surface area contributed by atoms with Crippen molar-refractivity contribution in [1.82, 2.24) is 4.90 Å². The van der Waals surface area contributed by atoms with Gasteiger partial charge in [0.1, 0.15) is 0 Å². The number of aliphatic hydroxyl groups excluding tert-OH is 1. The second-order valence-corrected chi connectivity index (χ2v) is 5.50. The second kappa shape index (κ2) is 6.36. The molecular weight excluding hydrogens is 218 g/mol. The van der Waals surface area contributed by atoms with Crippen LogP contribution in [0.15, 0.2) is 0 Å². The number of rotatable bonds is 6. The third kappa shape index (κ3) is 4.28. The molecule has 1 heterocycles. The van der Waals surface area contributed by atoms with Crippen molar-refractivity contribution in [1.29, 1.82) is 0 Å². The topological polar surface area (TPSA) is 60.8 Å². The van der Waals surface area contributed by atoms with Crippen LogP contribution in [0.25, 0.3) is 0 Å². The molecule has 0 amide bonds. The molecule has 1 aliphatic heterocycles. The van der Waals surface area contributed by atoms with E-state index < -0.39 is 5.97 Å². The summed E-state index contributed by atoms with van der Waals surface area (Å²) in [6.45, 7) is 6.80. The first-order valence-corrected chi connectivity index (χ1v) is 6.58. The second-order valence-electron chi connectivity index (χ2n) is 5.50. The Balaban J connectivity index is 2.33. The van der Waals surface area contributed by atoms with E-state index in [1.165, 1.54) is 0 Å². The number of carbonyl (C=O) groups is 1. The van der Waals surface area contributed by atoms with Gasteiger partial charge in [-0.15, -0.1) is 0 Å². The first-order chi connectivity index (χ1) is 7.91. The maximum absolute atomic E-state index is 10.7. The summed E-state index contributed by atoms with van der Waals surface area (Å²) in [7, 11) is 0. The fraction of sp³-hybridized carbons (Fsp3) is 0.923. The van der Waals surface area contributed by atoms with E-state index in [2.05, 4.69) is 18.7 Å². The molecule has 4 nitrogen and oxygen atoms in total. The molecular formula is C13H25NO3. The van der Waals surface area contributed by atoms with Crippen LogP contribution >= 0.6 is 0 Å². The Morgan fingerprint density at radius 3 is 2.59 bits per heavy atom. The van der Waals surface area contributed by atoms with Gasteiger partial charge in [-0.3, -0.25) is 9.69 Å². The number of β-amino-alcohol motifs (C(OH)–C–C–N with tert-alkyl or cyclic N) is 1. The lowest BCUT2D eigenvalue weighted by Crippen LogP contribution is -2.36. The van der Waals surface area contributed by atoms with E-state index in [1.54, 1.807) is 6.92 Å². The summed E-state index contributed by atoms with van der Waals surface area (Å²) in [4.78, 5) is 13.0. The number of carboxylic acid groups (broad SMARTS) is 1. The maximum Gasteiger partial charge on any atom is 0.306 e. The number of hydrogen-bond acceptors (Lipinski definition) is 3. The predicted octanol–water partition coefficient (Wildman–Crippen LogP) is 1.72. The van der Waals surface area contributed by atoms with Crippen molar-refractivity contribution >= 4 is 5.97 Å². The van der Waals surface area contributed by atoms with Gasteiger partial charge in [-0.1, -0.05) is 13.3 Å². The van der Waals surface area contributed by atoms with Crippen LogP contribution in [0.1, 0.15) is 46.5 Å². The lowest BCUT2D eigenvalue weighted by molar-refractivity contribution is -0.141. The van der Waals surface area contributed by atoms with E-state index >= 15 is 0 Å². The molecule has 0 radical (unpaired) electrons. The zero-order valence-corrected chi connectivity index (χ0v) is 11.1. The molecule has 0 aromatic rings. The smallest absolute Gasteiger partial charge is 0.306 e. The van der Waals surface area contributed by atoms with E-state index in [0.29, 0.717) is 12.1 Å². The van der Waals surface area contributed by atoms with Gasteiger partial charge < -0.3 is 10.2 Å². The molecule has 1 saturated heterocycles. The summed E-state index contributed by atoms with van der Waals surface area (Å²) < 4.78 is 0. The number of hydrogen-bond donors (Lipinski definition) is 2. The van der Waals surface area contributed by atoms with E-state index in [0.717, 1.165) is 32.2 Å². The first-order valence-electron chi connectivity index (χ1n) is 6.58. The van der Waals surface area contributed by atoms with Crippen LogP contribution in [0.2, 0.25) is 0 Å². The van der Waals surface area contributed by atoms with Gasteiger partial charge in [0.15, 0.2) is 0 Å². The third-order valence-corrected chi connectivity index (χ3v) is 3.69. The van der Waals surface area contributed by atoms with E-state index in [4.69, 9.17) is 5.11 Å². The summed E-state index contributed by atoms with van der Waals surface area (Å²) >= 11 is 0. The summed E-state index contributed by atoms with van der Waals surface area (Å²) in [5.74, 6) is -0.967. The minimum atomic E-state index is -0.711. The van der Waals surface area contributed by atoms with Gasteiger partial charge in [0.2, 0.25) is 0 Å². The van der Waals surface area contributed by atoms with Gasteiger partial charge >= 0.3 is 5.97 Å². The standard InChI is InChI=1S/C13H25NO3/c1-9(2)14-8-12(15)7-11(14)6-4-5-10(3)13(16)17/h9-12,15H,4-8H2,1-3H3,(H,16,17)/t10?,11-,12-/m1/s1. The molecule has 1 aliphatic rings. The number of aliphatic carboxylic acids is 1. The van der Waals surface area contributed by atoms with Crippen LogP contribution in [0.4, 0.5) is 0 Å². The largest absolute Gasteiger partial charge is 0.481 e. The molecule has 1 unspecified atom stereocenters. The van der Waals surface area contributed by atoms with Crippen LogP contribution in [0, 0.1) is 5.92 Å². The van der Waals surface area contributed by atoms with Crippen molar-refractivity contribution < 1.29 is 15.0 Å². The SMILES string of the molecule is CC(CCC[C@@H]1C[C@@H](O)CN1C(C)C)C(=O)O. The Labute approximate surface area is 104 Å². The first kappa shape index (κ1) is 14.5. The van der Waals surface area contributed by atoms with Crippen molar-refractivity contribution in [2.75, 3.05) is 6.54 Å². The number of aliphatic hydroxyl groups is 1. The van der Waals surface area contributed by atoms with Crippen LogP contribution in [0.3, 0.4) is 0 Å². The lowest BCUT2D eigenvalue weighted by atomic mass is 10.00. The van der Waals surface area contributed by atoms with Gasteiger partial charge in [-0.2, -0.15) is 0 Å².